The third kappa shape index (κ3) is 4.19. The molecule has 1 N–H and O–H groups in total. The van der Waals surface area contributed by atoms with Crippen molar-refractivity contribution in [2.45, 2.75) is 11.8 Å². The molecule has 11 heteroatoms. The van der Waals surface area contributed by atoms with Crippen LogP contribution >= 0.6 is 23.2 Å². The second-order valence-electron chi connectivity index (χ2n) is 6.08. The predicted octanol–water partition coefficient (Wildman–Crippen LogP) is 4.20. The van der Waals surface area contributed by atoms with Crippen molar-refractivity contribution in [1.29, 1.82) is 0 Å². The van der Waals surface area contributed by atoms with E-state index in [2.05, 4.69) is 4.74 Å². The molecule has 0 spiro atoms. The van der Waals surface area contributed by atoms with E-state index < -0.39 is 29.2 Å². The van der Waals surface area contributed by atoms with Crippen LogP contribution in [0, 0.1) is 0 Å². The number of alkyl halides is 3. The van der Waals surface area contributed by atoms with Gasteiger partial charge in [-0.2, -0.15) is 13.2 Å². The number of hydrogen-bond acceptors (Lipinski definition) is 5. The van der Waals surface area contributed by atoms with E-state index in [1.807, 2.05) is 0 Å². The highest BCUT2D eigenvalue weighted by Crippen LogP contribution is 2.43. The lowest BCUT2D eigenvalue weighted by molar-refractivity contribution is -0.266. The lowest BCUT2D eigenvalue weighted by Gasteiger charge is -2.29. The number of halogens is 5. The number of hydrogen-bond donors (Lipinski definition) is 1. The first-order chi connectivity index (χ1) is 13.9. The number of esters is 1. The van der Waals surface area contributed by atoms with Crippen LogP contribution in [-0.2, 0) is 15.1 Å². The third-order valence-corrected chi connectivity index (χ3v) is 5.06. The van der Waals surface area contributed by atoms with E-state index in [9.17, 15) is 27.9 Å². The molecule has 2 aromatic carbocycles. The summed E-state index contributed by atoms with van der Waals surface area (Å²) in [6.45, 7) is 0. The maximum atomic E-state index is 13.5. The summed E-state index contributed by atoms with van der Waals surface area (Å²) < 4.78 is 49.6. The second-order valence-corrected chi connectivity index (χ2v) is 6.89. The van der Waals surface area contributed by atoms with Crippen molar-refractivity contribution < 1.29 is 37.3 Å². The van der Waals surface area contributed by atoms with Crippen molar-refractivity contribution in [3.05, 3.63) is 57.6 Å². The number of anilines is 1. The minimum absolute atomic E-state index is 0.0757. The average Bonchev–Trinajstić information content (AvgIpc) is 2.71. The van der Waals surface area contributed by atoms with Crippen molar-refractivity contribution in [2.75, 3.05) is 26.2 Å². The molecule has 0 bridgehead atoms. The molecule has 1 amide bonds. The zero-order valence-electron chi connectivity index (χ0n) is 15.9. The highest BCUT2D eigenvalue weighted by Gasteiger charge is 2.62. The van der Waals surface area contributed by atoms with E-state index >= 15 is 0 Å². The smallest absolute Gasteiger partial charge is 0.432 e. The van der Waals surface area contributed by atoms with Gasteiger partial charge in [0.1, 0.15) is 5.75 Å². The van der Waals surface area contributed by atoms with E-state index in [0.717, 1.165) is 30.2 Å². The highest BCUT2D eigenvalue weighted by atomic mass is 35.5. The number of carbonyl (C=O) groups is 2. The first-order valence-electron chi connectivity index (χ1n) is 8.17. The molecule has 0 unspecified atom stereocenters. The molecular formula is C19H16Cl2F3NO5. The summed E-state index contributed by atoms with van der Waals surface area (Å²) >= 11 is 11.8. The Morgan fingerprint density at radius 2 is 1.67 bits per heavy atom. The maximum absolute atomic E-state index is 13.5. The van der Waals surface area contributed by atoms with Crippen LogP contribution in [0.2, 0.25) is 10.0 Å². The van der Waals surface area contributed by atoms with E-state index in [0.29, 0.717) is 7.11 Å². The number of benzene rings is 2. The van der Waals surface area contributed by atoms with Gasteiger partial charge in [0.05, 0.1) is 30.0 Å². The van der Waals surface area contributed by atoms with E-state index in [-0.39, 0.29) is 27.0 Å². The molecular weight excluding hydrogens is 450 g/mol. The molecule has 0 heterocycles. The Kier molecular flexibility index (Phi) is 6.90. The zero-order chi connectivity index (χ0) is 22.9. The number of carbonyl (C=O) groups excluding carboxylic acids is 2. The van der Waals surface area contributed by atoms with Crippen LogP contribution in [-0.4, -0.2) is 44.4 Å². The van der Waals surface area contributed by atoms with Gasteiger partial charge in [-0.3, -0.25) is 4.79 Å². The fraction of sp³-hybridized carbons (Fsp3) is 0.263. The number of methoxy groups -OCH3 is 2. The Labute approximate surface area is 179 Å². The van der Waals surface area contributed by atoms with Gasteiger partial charge < -0.3 is 19.5 Å². The van der Waals surface area contributed by atoms with E-state index in [1.165, 1.54) is 25.2 Å². The summed E-state index contributed by atoms with van der Waals surface area (Å²) in [4.78, 5) is 25.6. The summed E-state index contributed by atoms with van der Waals surface area (Å²) in [7, 11) is 3.23. The molecule has 2 rings (SSSR count). The molecule has 0 saturated carbocycles. The van der Waals surface area contributed by atoms with E-state index in [1.54, 1.807) is 0 Å². The summed E-state index contributed by atoms with van der Waals surface area (Å²) in [6.07, 6.45) is -5.37. The third-order valence-electron chi connectivity index (χ3n) is 4.32. The van der Waals surface area contributed by atoms with Crippen molar-refractivity contribution in [3.63, 3.8) is 0 Å². The molecule has 0 saturated heterocycles. The Hall–Kier alpha value is -2.49. The Morgan fingerprint density at radius 1 is 1.03 bits per heavy atom. The highest BCUT2D eigenvalue weighted by molar-refractivity contribution is 6.42. The fourth-order valence-corrected chi connectivity index (χ4v) is 2.96. The molecule has 0 aliphatic carbocycles. The van der Waals surface area contributed by atoms with Gasteiger partial charge in [0.25, 0.3) is 11.5 Å². The number of aliphatic hydroxyl groups is 1. The molecule has 2 aromatic rings. The van der Waals surface area contributed by atoms with Crippen LogP contribution in [0.4, 0.5) is 18.9 Å². The SMILES string of the molecule is COC(=O)[C@@](O)(c1ccc(N(C)C(=O)c2ccc(Cl)c(Cl)c2)c(OC)c1)C(F)(F)F. The number of amides is 1. The van der Waals surface area contributed by atoms with E-state index in [4.69, 9.17) is 27.9 Å². The van der Waals surface area contributed by atoms with Gasteiger partial charge in [0.2, 0.25) is 0 Å². The van der Waals surface area contributed by atoms with Gasteiger partial charge in [-0.15, -0.1) is 0 Å². The predicted molar refractivity (Wildman–Crippen MR) is 104 cm³/mol. The van der Waals surface area contributed by atoms with Crippen molar-refractivity contribution in [3.8, 4) is 5.75 Å². The van der Waals surface area contributed by atoms with Crippen LogP contribution in [0.5, 0.6) is 5.75 Å². The number of rotatable bonds is 5. The monoisotopic (exact) mass is 465 g/mol. The average molecular weight is 466 g/mol. The molecule has 0 radical (unpaired) electrons. The molecule has 6 nitrogen and oxygen atoms in total. The van der Waals surface area contributed by atoms with Gasteiger partial charge in [-0.05, 0) is 30.3 Å². The molecule has 162 valence electrons. The number of ether oxygens (including phenoxy) is 2. The Morgan fingerprint density at radius 3 is 2.17 bits per heavy atom. The Bertz CT molecular complexity index is 983. The van der Waals surface area contributed by atoms with Gasteiger partial charge in [0, 0.05) is 18.2 Å². The van der Waals surface area contributed by atoms with Crippen LogP contribution in [0.3, 0.4) is 0 Å². The molecule has 1 atom stereocenters. The molecule has 0 aromatic heterocycles. The zero-order valence-corrected chi connectivity index (χ0v) is 17.4. The van der Waals surface area contributed by atoms with Crippen LogP contribution < -0.4 is 9.64 Å². The standard InChI is InChI=1S/C19H16Cl2F3NO5/c1-25(16(26)10-4-6-12(20)13(21)8-10)14-7-5-11(9-15(14)29-2)18(28,17(27)30-3)19(22,23)24/h4-9,28H,1-3H3/t18-/m0/s1. The number of nitrogens with zero attached hydrogens (tertiary/aromatic N) is 1. The van der Waals surface area contributed by atoms with Crippen LogP contribution in [0.15, 0.2) is 36.4 Å². The first-order valence-corrected chi connectivity index (χ1v) is 8.93. The minimum atomic E-state index is -5.37. The van der Waals surface area contributed by atoms with Crippen LogP contribution in [0.25, 0.3) is 0 Å². The van der Waals surface area contributed by atoms with Gasteiger partial charge >= 0.3 is 12.1 Å². The summed E-state index contributed by atoms with van der Waals surface area (Å²) in [5.41, 5.74) is -4.51. The lowest BCUT2D eigenvalue weighted by atomic mass is 9.92. The quantitative estimate of drug-likeness (QED) is 0.669. The summed E-state index contributed by atoms with van der Waals surface area (Å²) in [6, 6.07) is 6.93. The van der Waals surface area contributed by atoms with Gasteiger partial charge in [0.15, 0.2) is 0 Å². The van der Waals surface area contributed by atoms with Gasteiger partial charge in [-0.25, -0.2) is 4.79 Å². The first kappa shape index (κ1) is 23.8. The lowest BCUT2D eigenvalue weighted by Crippen LogP contribution is -2.49. The van der Waals surface area contributed by atoms with Crippen LogP contribution in [0.1, 0.15) is 15.9 Å². The Balaban J connectivity index is 2.52. The summed E-state index contributed by atoms with van der Waals surface area (Å²) in [5, 5.41) is 10.5. The molecule has 0 aliphatic rings. The maximum Gasteiger partial charge on any atom is 0.432 e. The molecule has 0 fully saturated rings. The second kappa shape index (κ2) is 8.71. The van der Waals surface area contributed by atoms with Crippen molar-refractivity contribution >= 4 is 40.8 Å². The molecule has 30 heavy (non-hydrogen) atoms. The molecule has 0 aliphatic heterocycles. The minimum Gasteiger partial charge on any atom is -0.495 e. The van der Waals surface area contributed by atoms with Crippen molar-refractivity contribution in [2.24, 2.45) is 0 Å². The largest absolute Gasteiger partial charge is 0.495 e. The fourth-order valence-electron chi connectivity index (χ4n) is 2.66. The van der Waals surface area contributed by atoms with Crippen molar-refractivity contribution in [1.82, 2.24) is 0 Å². The van der Waals surface area contributed by atoms with Gasteiger partial charge in [-0.1, -0.05) is 29.3 Å². The topological polar surface area (TPSA) is 76.1 Å². The summed E-state index contributed by atoms with van der Waals surface area (Å²) in [5.74, 6) is -2.67. The normalized spacial score (nSPS) is 13.4.